The van der Waals surface area contributed by atoms with Crippen LogP contribution in [0.5, 0.6) is 11.5 Å². The van der Waals surface area contributed by atoms with Crippen LogP contribution in [0.4, 0.5) is 11.4 Å². The van der Waals surface area contributed by atoms with Crippen molar-refractivity contribution in [1.29, 1.82) is 0 Å². The van der Waals surface area contributed by atoms with E-state index < -0.39 is 0 Å². The topological polar surface area (TPSA) is 17.4 Å². The van der Waals surface area contributed by atoms with Crippen molar-refractivity contribution in [3.05, 3.63) is 180 Å². The Morgan fingerprint density at radius 3 is 1.55 bits per heavy atom. The van der Waals surface area contributed by atoms with E-state index in [4.69, 9.17) is 4.74 Å². The molecule has 0 N–H and O–H groups in total. The van der Waals surface area contributed by atoms with Crippen LogP contribution in [0.15, 0.2) is 164 Å². The van der Waals surface area contributed by atoms with Gasteiger partial charge in [-0.05, 0) is 188 Å². The highest BCUT2D eigenvalue weighted by Crippen LogP contribution is 2.61. The number of hydrogen-bond acceptors (Lipinski definition) is 2. The Hall–Kier alpha value is -6.78. The molecule has 2 aliphatic heterocycles. The van der Waals surface area contributed by atoms with Crippen LogP contribution in [0.2, 0.25) is 0 Å². The fraction of sp³-hybridized carbons (Fsp3) is 0.314. The van der Waals surface area contributed by atoms with Gasteiger partial charge in [-0.3, -0.25) is 0 Å². The van der Waals surface area contributed by atoms with E-state index in [1.807, 2.05) is 0 Å². The van der Waals surface area contributed by atoms with Crippen LogP contribution in [0.25, 0.3) is 60.9 Å². The summed E-state index contributed by atoms with van der Waals surface area (Å²) >= 11 is 0. The second-order valence-electron chi connectivity index (χ2n) is 26.5. The van der Waals surface area contributed by atoms with Crippen LogP contribution in [-0.2, 0) is 16.2 Å². The van der Waals surface area contributed by atoms with Crippen LogP contribution in [0.3, 0.4) is 0 Å². The first-order valence-corrected chi connectivity index (χ1v) is 27.8. The van der Waals surface area contributed by atoms with E-state index in [1.54, 1.807) is 0 Å². The van der Waals surface area contributed by atoms with Crippen molar-refractivity contribution < 1.29 is 4.74 Å². The van der Waals surface area contributed by atoms with Crippen molar-refractivity contribution in [2.24, 2.45) is 17.8 Å². The third-order valence-corrected chi connectivity index (χ3v) is 18.4. The summed E-state index contributed by atoms with van der Waals surface area (Å²) < 4.78 is 10.3. The molecule has 4 fully saturated rings. The van der Waals surface area contributed by atoms with Crippen LogP contribution in [0.1, 0.15) is 118 Å². The molecule has 8 aromatic carbocycles. The lowest BCUT2D eigenvalue weighted by atomic mass is 9.33. The van der Waals surface area contributed by atoms with E-state index in [0.29, 0.717) is 0 Å². The molecule has 4 bridgehead atoms. The van der Waals surface area contributed by atoms with Gasteiger partial charge >= 0.3 is 0 Å². The summed E-state index contributed by atoms with van der Waals surface area (Å²) in [5, 5.41) is 2.59. The number of ether oxygens (including phenoxy) is 1. The van der Waals surface area contributed by atoms with Crippen molar-refractivity contribution in [3.8, 4) is 50.6 Å². The molecular formula is C70H69BN2O. The molecule has 0 amide bonds. The summed E-state index contributed by atoms with van der Waals surface area (Å²) in [5.74, 6) is 4.29. The summed E-state index contributed by atoms with van der Waals surface area (Å²) in [4.78, 5) is 2.92. The zero-order valence-corrected chi connectivity index (χ0v) is 44.9. The zero-order valence-electron chi connectivity index (χ0n) is 44.9. The van der Waals surface area contributed by atoms with E-state index in [-0.39, 0.29) is 28.5 Å². The van der Waals surface area contributed by atoms with Crippen molar-refractivity contribution in [2.45, 2.75) is 123 Å². The SMILES string of the molecule is CC(C)(C)c1ccc(-c2cc3c4c(c2)N(C25CC6CC(CC(C6)C2)C5)c2ccc(-c5ccccc5)cc2B4c2cc(-n4c5ccc(C(C)(C)C)cc5c5cc(C(C)(C)C)ccc54)cc(-c4ccccc4)c2O3)cc1. The number of anilines is 2. The molecule has 9 aromatic rings. The number of aromatic nitrogens is 1. The minimum absolute atomic E-state index is 0.00572. The molecule has 0 radical (unpaired) electrons. The largest absolute Gasteiger partial charge is 0.458 e. The highest BCUT2D eigenvalue weighted by molar-refractivity contribution is 6.99. The first kappa shape index (κ1) is 45.8. The Labute approximate surface area is 439 Å². The second-order valence-corrected chi connectivity index (χ2v) is 26.5. The highest BCUT2D eigenvalue weighted by atomic mass is 16.5. The molecular weight excluding hydrogens is 896 g/mol. The quantitative estimate of drug-likeness (QED) is 0.160. The maximum atomic E-state index is 7.76. The molecule has 1 aromatic heterocycles. The molecule has 15 rings (SSSR count). The van der Waals surface area contributed by atoms with Gasteiger partial charge in [0.1, 0.15) is 11.5 Å². The van der Waals surface area contributed by atoms with E-state index in [0.717, 1.165) is 46.1 Å². The van der Waals surface area contributed by atoms with Crippen LogP contribution >= 0.6 is 0 Å². The molecule has 4 heteroatoms. The van der Waals surface area contributed by atoms with Crippen molar-refractivity contribution in [2.75, 3.05) is 4.90 Å². The smallest absolute Gasteiger partial charge is 0.256 e. The summed E-state index contributed by atoms with van der Waals surface area (Å²) in [5.41, 5.74) is 21.6. The van der Waals surface area contributed by atoms with Crippen LogP contribution in [0, 0.1) is 17.8 Å². The van der Waals surface area contributed by atoms with Crippen LogP contribution < -0.4 is 26.0 Å². The summed E-state index contributed by atoms with van der Waals surface area (Å²) in [6.07, 6.45) is 7.95. The van der Waals surface area contributed by atoms with E-state index in [2.05, 4.69) is 236 Å². The molecule has 0 saturated heterocycles. The molecule has 0 unspecified atom stereocenters. The minimum Gasteiger partial charge on any atom is -0.458 e. The van der Waals surface area contributed by atoms with E-state index in [1.165, 1.54) is 127 Å². The Bertz CT molecular complexity index is 3620. The molecule has 4 saturated carbocycles. The standard InChI is InChI=1S/C70H69BN2O/c1-67(2,3)51-23-20-47(21-24-51)50-34-63-65-64(35-50)74-66-55(48-18-14-11-15-19-48)38-54(72-60-28-25-52(68(4,5)6)36-56(60)57-37-53(69(7,8)9)26-29-61(57)72)39-59(66)71(65)58-33-49(46-16-12-10-13-17-46)22-27-62(58)73(63)70-40-43-30-44(41-70)32-45(31-43)42-70/h10-29,33-39,43-45H,30-32,40-42H2,1-9H3. The number of hydrogen-bond donors (Lipinski definition) is 0. The predicted molar refractivity (Wildman–Crippen MR) is 314 cm³/mol. The number of benzene rings is 8. The van der Waals surface area contributed by atoms with Gasteiger partial charge in [0.05, 0.1) is 11.0 Å². The fourth-order valence-corrected chi connectivity index (χ4v) is 15.0. The van der Waals surface area contributed by atoms with Gasteiger partial charge < -0.3 is 14.2 Å². The van der Waals surface area contributed by atoms with E-state index >= 15 is 0 Å². The average Bonchev–Trinajstić information content (AvgIpc) is 3.71. The zero-order chi connectivity index (χ0) is 50.6. The maximum Gasteiger partial charge on any atom is 0.256 e. The Morgan fingerprint density at radius 2 is 0.986 bits per heavy atom. The highest BCUT2D eigenvalue weighted by Gasteiger charge is 2.57. The van der Waals surface area contributed by atoms with Gasteiger partial charge in [-0.1, -0.05) is 172 Å². The normalized spacial score (nSPS) is 20.7. The van der Waals surface area contributed by atoms with Gasteiger partial charge in [0.15, 0.2) is 0 Å². The third kappa shape index (κ3) is 7.21. The lowest BCUT2D eigenvalue weighted by Gasteiger charge is -2.62. The lowest BCUT2D eigenvalue weighted by molar-refractivity contribution is 0.000631. The first-order chi connectivity index (χ1) is 35.5. The number of fused-ring (bicyclic) bond motifs is 7. The van der Waals surface area contributed by atoms with Crippen molar-refractivity contribution in [1.82, 2.24) is 4.57 Å². The second kappa shape index (κ2) is 16.1. The molecule has 3 heterocycles. The van der Waals surface area contributed by atoms with E-state index in [9.17, 15) is 0 Å². The van der Waals surface area contributed by atoms with Gasteiger partial charge in [-0.15, -0.1) is 0 Å². The van der Waals surface area contributed by atoms with Gasteiger partial charge in [-0.25, -0.2) is 0 Å². The summed E-state index contributed by atoms with van der Waals surface area (Å²) in [6.45, 7) is 20.8. The fourth-order valence-electron chi connectivity index (χ4n) is 15.0. The molecule has 0 spiro atoms. The van der Waals surface area contributed by atoms with Gasteiger partial charge in [0, 0.05) is 38.9 Å². The van der Waals surface area contributed by atoms with Crippen LogP contribution in [-0.4, -0.2) is 16.8 Å². The van der Waals surface area contributed by atoms with Crippen molar-refractivity contribution >= 4 is 56.3 Å². The number of rotatable bonds is 5. The van der Waals surface area contributed by atoms with Crippen molar-refractivity contribution in [3.63, 3.8) is 0 Å². The Balaban J connectivity index is 1.07. The average molecular weight is 965 g/mol. The number of nitrogens with zero attached hydrogens (tertiary/aromatic N) is 2. The van der Waals surface area contributed by atoms with Gasteiger partial charge in [-0.2, -0.15) is 0 Å². The predicted octanol–water partition coefficient (Wildman–Crippen LogP) is 16.7. The monoisotopic (exact) mass is 965 g/mol. The lowest BCUT2D eigenvalue weighted by Crippen LogP contribution is -2.66. The molecule has 74 heavy (non-hydrogen) atoms. The first-order valence-electron chi connectivity index (χ1n) is 27.8. The summed E-state index contributed by atoms with van der Waals surface area (Å²) in [7, 11) is 0. The molecule has 3 nitrogen and oxygen atoms in total. The van der Waals surface area contributed by atoms with Gasteiger partial charge in [0.2, 0.25) is 0 Å². The summed E-state index contributed by atoms with van der Waals surface area (Å²) in [6, 6.07) is 63.3. The van der Waals surface area contributed by atoms with Gasteiger partial charge in [0.25, 0.3) is 6.71 Å². The Morgan fingerprint density at radius 1 is 0.459 bits per heavy atom. The Kier molecular flexibility index (Phi) is 9.98. The minimum atomic E-state index is -0.0830. The molecule has 368 valence electrons. The maximum absolute atomic E-state index is 7.76. The molecule has 6 aliphatic rings. The molecule has 0 atom stereocenters. The molecule has 4 aliphatic carbocycles. The third-order valence-electron chi connectivity index (χ3n) is 18.4.